The van der Waals surface area contributed by atoms with Crippen LogP contribution in [0.25, 0.3) is 6.08 Å². The van der Waals surface area contributed by atoms with Crippen molar-refractivity contribution in [2.24, 2.45) is 0 Å². The van der Waals surface area contributed by atoms with E-state index in [2.05, 4.69) is 5.32 Å². The fourth-order valence-corrected chi connectivity index (χ4v) is 1.66. The number of carbonyl (C=O) groups is 2. The Morgan fingerprint density at radius 2 is 2.10 bits per heavy atom. The van der Waals surface area contributed by atoms with E-state index in [1.165, 1.54) is 24.5 Å². The minimum absolute atomic E-state index is 0.0600. The van der Waals surface area contributed by atoms with Gasteiger partial charge in [0, 0.05) is 6.08 Å². The van der Waals surface area contributed by atoms with Gasteiger partial charge in [-0.15, -0.1) is 0 Å². The summed E-state index contributed by atoms with van der Waals surface area (Å²) < 4.78 is 5.05. The Morgan fingerprint density at radius 1 is 1.30 bits per heavy atom. The summed E-state index contributed by atoms with van der Waals surface area (Å²) >= 11 is 0. The van der Waals surface area contributed by atoms with Crippen LogP contribution in [0.2, 0.25) is 0 Å². The molecule has 2 N–H and O–H groups in total. The Labute approximate surface area is 115 Å². The molecule has 0 bridgehead atoms. The largest absolute Gasteiger partial charge is 0.478 e. The zero-order valence-corrected chi connectivity index (χ0v) is 10.8. The monoisotopic (exact) mass is 271 g/mol. The van der Waals surface area contributed by atoms with E-state index in [9.17, 15) is 9.59 Å². The van der Waals surface area contributed by atoms with Crippen molar-refractivity contribution in [1.82, 2.24) is 0 Å². The molecular formula is C15H13NO4. The van der Waals surface area contributed by atoms with Crippen LogP contribution in [0.1, 0.15) is 21.7 Å². The number of nitrogens with one attached hydrogen (secondary N) is 1. The summed E-state index contributed by atoms with van der Waals surface area (Å²) in [5, 5.41) is 11.6. The second-order valence-electron chi connectivity index (χ2n) is 4.19. The molecule has 0 atom stereocenters. The van der Waals surface area contributed by atoms with E-state index < -0.39 is 11.9 Å². The molecule has 0 aliphatic carbocycles. The predicted octanol–water partition coefficient (Wildman–Crippen LogP) is 2.94. The molecule has 0 fully saturated rings. The van der Waals surface area contributed by atoms with Crippen molar-refractivity contribution in [3.05, 3.63) is 59.6 Å². The molecule has 2 aromatic rings. The highest BCUT2D eigenvalue weighted by Crippen LogP contribution is 2.17. The van der Waals surface area contributed by atoms with Crippen molar-refractivity contribution in [3.63, 3.8) is 0 Å². The molecule has 0 aliphatic heterocycles. The first-order valence-corrected chi connectivity index (χ1v) is 5.93. The Kier molecular flexibility index (Phi) is 4.00. The maximum absolute atomic E-state index is 11.7. The highest BCUT2D eigenvalue weighted by Gasteiger charge is 2.11. The third-order valence-electron chi connectivity index (χ3n) is 2.61. The lowest BCUT2D eigenvalue weighted by Crippen LogP contribution is -2.12. The molecule has 1 amide bonds. The van der Waals surface area contributed by atoms with Gasteiger partial charge in [-0.2, -0.15) is 0 Å². The summed E-state index contributed by atoms with van der Waals surface area (Å²) in [6.45, 7) is 1.79. The fraction of sp³-hybridized carbons (Fsp3) is 0.0667. The van der Waals surface area contributed by atoms with E-state index in [4.69, 9.17) is 9.52 Å². The maximum atomic E-state index is 11.7. The predicted molar refractivity (Wildman–Crippen MR) is 74.5 cm³/mol. The quantitative estimate of drug-likeness (QED) is 0.838. The molecule has 2 rings (SSSR count). The zero-order valence-electron chi connectivity index (χ0n) is 10.8. The molecule has 0 saturated heterocycles. The first-order valence-electron chi connectivity index (χ1n) is 5.93. The van der Waals surface area contributed by atoms with Crippen LogP contribution in [0.5, 0.6) is 0 Å². The molecule has 0 radical (unpaired) electrons. The summed E-state index contributed by atoms with van der Waals surface area (Å²) in [6, 6.07) is 8.22. The van der Waals surface area contributed by atoms with Crippen molar-refractivity contribution in [2.45, 2.75) is 6.92 Å². The number of carbonyl (C=O) groups excluding carboxylic acids is 1. The van der Waals surface area contributed by atoms with E-state index in [0.717, 1.165) is 5.56 Å². The Balaban J connectivity index is 2.13. The number of carboxylic acids is 1. The van der Waals surface area contributed by atoms with Gasteiger partial charge in [-0.3, -0.25) is 4.79 Å². The van der Waals surface area contributed by atoms with Crippen LogP contribution >= 0.6 is 0 Å². The molecule has 1 aromatic carbocycles. The number of amides is 1. The van der Waals surface area contributed by atoms with Gasteiger partial charge in [-0.1, -0.05) is 11.6 Å². The lowest BCUT2D eigenvalue weighted by atomic mass is 10.1. The Bertz CT molecular complexity index is 657. The maximum Gasteiger partial charge on any atom is 0.337 e. The third kappa shape index (κ3) is 3.35. The van der Waals surface area contributed by atoms with Gasteiger partial charge in [0.25, 0.3) is 0 Å². The van der Waals surface area contributed by atoms with Crippen molar-refractivity contribution in [1.29, 1.82) is 0 Å². The summed E-state index contributed by atoms with van der Waals surface area (Å²) in [6.07, 6.45) is 4.29. The molecule has 1 heterocycles. The van der Waals surface area contributed by atoms with Gasteiger partial charge in [0.15, 0.2) is 0 Å². The summed E-state index contributed by atoms with van der Waals surface area (Å²) in [4.78, 5) is 22.9. The van der Waals surface area contributed by atoms with Gasteiger partial charge in [-0.05, 0) is 37.3 Å². The van der Waals surface area contributed by atoms with Crippen LogP contribution < -0.4 is 5.32 Å². The van der Waals surface area contributed by atoms with Crippen LogP contribution in [0.15, 0.2) is 47.1 Å². The van der Waals surface area contributed by atoms with Crippen LogP contribution in [0, 0.1) is 6.92 Å². The number of rotatable bonds is 4. The van der Waals surface area contributed by atoms with Gasteiger partial charge in [0.1, 0.15) is 5.76 Å². The van der Waals surface area contributed by atoms with Gasteiger partial charge >= 0.3 is 5.97 Å². The lowest BCUT2D eigenvalue weighted by molar-refractivity contribution is -0.111. The first-order chi connectivity index (χ1) is 9.56. The molecular weight excluding hydrogens is 258 g/mol. The first kappa shape index (κ1) is 13.6. The number of benzene rings is 1. The topological polar surface area (TPSA) is 79.5 Å². The SMILES string of the molecule is Cc1ccc(NC(=O)/C=C/c2ccco2)c(C(=O)O)c1. The lowest BCUT2D eigenvalue weighted by Gasteiger charge is -2.07. The number of aromatic carboxylic acids is 1. The molecule has 5 heteroatoms. The van der Waals surface area contributed by atoms with Gasteiger partial charge in [-0.25, -0.2) is 4.79 Å². The van der Waals surface area contributed by atoms with Crippen molar-refractivity contribution in [3.8, 4) is 0 Å². The van der Waals surface area contributed by atoms with Crippen LogP contribution in [-0.4, -0.2) is 17.0 Å². The van der Waals surface area contributed by atoms with Crippen molar-refractivity contribution >= 4 is 23.6 Å². The van der Waals surface area contributed by atoms with Gasteiger partial charge < -0.3 is 14.8 Å². The molecule has 0 saturated carbocycles. The molecule has 1 aromatic heterocycles. The molecule has 0 spiro atoms. The van der Waals surface area contributed by atoms with E-state index in [-0.39, 0.29) is 11.3 Å². The van der Waals surface area contributed by atoms with E-state index in [1.807, 2.05) is 0 Å². The molecule has 102 valence electrons. The summed E-state index contributed by atoms with van der Waals surface area (Å²) in [7, 11) is 0. The summed E-state index contributed by atoms with van der Waals surface area (Å²) in [5.41, 5.74) is 1.13. The number of furan rings is 1. The second-order valence-corrected chi connectivity index (χ2v) is 4.19. The van der Waals surface area contributed by atoms with Crippen LogP contribution in [0.3, 0.4) is 0 Å². The highest BCUT2D eigenvalue weighted by molar-refractivity contribution is 6.06. The minimum Gasteiger partial charge on any atom is -0.478 e. The molecule has 0 aliphatic rings. The second kappa shape index (κ2) is 5.88. The molecule has 20 heavy (non-hydrogen) atoms. The fourth-order valence-electron chi connectivity index (χ4n) is 1.66. The van der Waals surface area contributed by atoms with E-state index >= 15 is 0 Å². The van der Waals surface area contributed by atoms with Crippen LogP contribution in [0.4, 0.5) is 5.69 Å². The number of hydrogen-bond acceptors (Lipinski definition) is 3. The summed E-state index contributed by atoms with van der Waals surface area (Å²) in [5.74, 6) is -0.964. The minimum atomic E-state index is -1.08. The average molecular weight is 271 g/mol. The number of hydrogen-bond donors (Lipinski definition) is 2. The highest BCUT2D eigenvalue weighted by atomic mass is 16.4. The Hall–Kier alpha value is -2.82. The van der Waals surface area contributed by atoms with Gasteiger partial charge in [0.2, 0.25) is 5.91 Å². The molecule has 0 unspecified atom stereocenters. The van der Waals surface area contributed by atoms with E-state index in [0.29, 0.717) is 5.76 Å². The van der Waals surface area contributed by atoms with Gasteiger partial charge in [0.05, 0.1) is 17.5 Å². The standard InChI is InChI=1S/C15H13NO4/c1-10-4-6-13(12(9-10)15(18)19)16-14(17)7-5-11-3-2-8-20-11/h2-9H,1H3,(H,16,17)(H,18,19)/b7-5+. The van der Waals surface area contributed by atoms with Crippen LogP contribution in [-0.2, 0) is 4.79 Å². The average Bonchev–Trinajstić information content (AvgIpc) is 2.91. The molecule has 5 nitrogen and oxygen atoms in total. The van der Waals surface area contributed by atoms with E-state index in [1.54, 1.807) is 31.2 Å². The number of anilines is 1. The Morgan fingerprint density at radius 3 is 2.75 bits per heavy atom. The number of carboxylic acid groups (broad SMARTS) is 1. The van der Waals surface area contributed by atoms with Crippen molar-refractivity contribution < 1.29 is 19.1 Å². The normalized spacial score (nSPS) is 10.7. The third-order valence-corrected chi connectivity index (χ3v) is 2.61. The number of aryl methyl sites for hydroxylation is 1. The smallest absolute Gasteiger partial charge is 0.337 e. The zero-order chi connectivity index (χ0) is 14.5. The van der Waals surface area contributed by atoms with Crippen molar-refractivity contribution in [2.75, 3.05) is 5.32 Å².